The number of fused-ring (bicyclic) bond motifs is 24. The van der Waals surface area contributed by atoms with Gasteiger partial charge < -0.3 is 18.8 Å². The van der Waals surface area contributed by atoms with Crippen molar-refractivity contribution in [1.29, 1.82) is 0 Å². The highest BCUT2D eigenvalue weighted by molar-refractivity contribution is 7.18. The van der Waals surface area contributed by atoms with Crippen molar-refractivity contribution >= 4 is 199 Å². The molecule has 0 saturated heterocycles. The maximum absolute atomic E-state index is 2.71. The van der Waals surface area contributed by atoms with E-state index in [-0.39, 0.29) is 13.7 Å². The first-order valence-corrected chi connectivity index (χ1v) is 32.3. The van der Waals surface area contributed by atoms with Crippen LogP contribution >= 0.6 is 22.7 Å². The number of anilines is 6. The van der Waals surface area contributed by atoms with Crippen LogP contribution in [-0.2, 0) is 0 Å². The lowest BCUT2D eigenvalue weighted by Crippen LogP contribution is -2.57. The third kappa shape index (κ3) is 5.79. The number of thiophene rings is 2. The molecule has 0 fully saturated rings. The molecule has 18 aromatic rings. The van der Waals surface area contributed by atoms with Gasteiger partial charge in [-0.1, -0.05) is 176 Å². The molecule has 4 nitrogen and oxygen atoms in total. The second kappa shape index (κ2) is 16.7. The highest BCUT2D eigenvalue weighted by Crippen LogP contribution is 2.54. The summed E-state index contributed by atoms with van der Waals surface area (Å²) in [6, 6.07) is 97.7. The van der Waals surface area contributed by atoms with Crippen LogP contribution in [0.1, 0.15) is 0 Å². The van der Waals surface area contributed by atoms with Gasteiger partial charge in [0.2, 0.25) is 0 Å². The maximum atomic E-state index is 2.71. The van der Waals surface area contributed by atoms with Crippen LogP contribution in [0.15, 0.2) is 266 Å². The number of hydrogen-bond donors (Lipinski definition) is 0. The molecule has 0 aliphatic carbocycles. The molecule has 14 aromatic carbocycles. The van der Waals surface area contributed by atoms with Gasteiger partial charge in [-0.2, -0.15) is 0 Å². The van der Waals surface area contributed by atoms with E-state index in [1.807, 2.05) is 22.7 Å². The van der Waals surface area contributed by atoms with Crippen molar-refractivity contribution in [3.05, 3.63) is 266 Å². The van der Waals surface area contributed by atoms with Gasteiger partial charge in [0.25, 0.3) is 0 Å². The summed E-state index contributed by atoms with van der Waals surface area (Å²) in [6.07, 6.45) is 0. The Morgan fingerprint density at radius 1 is 0.295 bits per heavy atom. The molecule has 4 aromatic heterocycles. The van der Waals surface area contributed by atoms with E-state index in [2.05, 4.69) is 284 Å². The molecule has 0 N–H and O–H groups in total. The molecule has 0 atom stereocenters. The maximum Gasteiger partial charge on any atom is 0.333 e. The summed E-state index contributed by atoms with van der Waals surface area (Å²) in [5.41, 5.74) is 25.5. The topological polar surface area (TPSA) is 16.3 Å². The molecule has 4 aliphatic heterocycles. The molecular formula is C80H44B2N4S2. The summed E-state index contributed by atoms with van der Waals surface area (Å²) in [4.78, 5) is 5.29. The fourth-order valence-corrected chi connectivity index (χ4v) is 18.8. The first-order chi connectivity index (χ1) is 43.7. The number of benzene rings is 14. The molecule has 0 saturated carbocycles. The van der Waals surface area contributed by atoms with Crippen LogP contribution in [0.2, 0.25) is 0 Å². The molecule has 8 heterocycles. The van der Waals surface area contributed by atoms with Crippen molar-refractivity contribution in [3.63, 3.8) is 0 Å². The Morgan fingerprint density at radius 2 is 0.943 bits per heavy atom. The standard InChI is InChI=1S/C80H44B2N4S2/c1-4-17-54-46(13-1)16-11-26-67(54)84-77-56-19-6-3-15-48(56)30-33-66(77)81-73-63(44-71-61(78(73)84)36-38-87-71)65-43-52(42-64-58-21-8-10-25-69(58)85(81)76(64)65)49-28-27-45-29-32-53(40-51(45)39-49)83-70-34-31-47-14-2-5-18-55(47)72(70)82-74-62(41-50-35-37-88-80(50)79(74)83)60-23-12-22-59-57-20-7-9-24-68(57)86(82)75(59)60/h1-44H. The predicted molar refractivity (Wildman–Crippen MR) is 380 cm³/mol. The predicted octanol–water partition coefficient (Wildman–Crippen LogP) is 19.4. The Morgan fingerprint density at radius 3 is 1.81 bits per heavy atom. The van der Waals surface area contributed by atoms with Crippen LogP contribution in [0, 0.1) is 0 Å². The van der Waals surface area contributed by atoms with E-state index in [9.17, 15) is 0 Å². The lowest BCUT2D eigenvalue weighted by Gasteiger charge is -2.42. The SMILES string of the molecule is c1ccc2c(N3c4c(ccc5ccccc45)B4c5c(cc6sccc6c53)-c3cc(-c5ccc6ccc(N7c8ccc9ccccc9c8B8c9c(cc%10ccsc%10c97)-c7cccc9c%10ccccc%10n8c79)cc6c5)cc5c6ccccc6n4c35)cccc2c1. The molecule has 22 rings (SSSR count). The summed E-state index contributed by atoms with van der Waals surface area (Å²) < 4.78 is 8.01. The van der Waals surface area contributed by atoms with E-state index < -0.39 is 0 Å². The minimum atomic E-state index is -0.0721. The van der Waals surface area contributed by atoms with Crippen LogP contribution in [-0.4, -0.2) is 22.7 Å². The Balaban J connectivity index is 0.786. The molecule has 0 unspecified atom stereocenters. The minimum absolute atomic E-state index is 0.0440. The van der Waals surface area contributed by atoms with Crippen LogP contribution in [0.25, 0.3) is 140 Å². The molecule has 0 spiro atoms. The lowest BCUT2D eigenvalue weighted by atomic mass is 9.44. The molecule has 0 bridgehead atoms. The van der Waals surface area contributed by atoms with E-state index in [0.717, 1.165) is 5.69 Å². The smallest absolute Gasteiger partial charge is 0.333 e. The molecule has 0 radical (unpaired) electrons. The Kier molecular flexibility index (Phi) is 8.83. The van der Waals surface area contributed by atoms with E-state index >= 15 is 0 Å². The van der Waals surface area contributed by atoms with Gasteiger partial charge in [0, 0.05) is 87.0 Å². The third-order valence-corrected chi connectivity index (χ3v) is 22.3. The average Bonchev–Trinajstić information content (AvgIpc) is 1.47. The molecule has 4 aliphatic rings. The largest absolute Gasteiger partial charge is 0.375 e. The van der Waals surface area contributed by atoms with Crippen molar-refractivity contribution in [2.75, 3.05) is 9.80 Å². The van der Waals surface area contributed by atoms with E-state index in [1.54, 1.807) is 0 Å². The first-order valence-electron chi connectivity index (χ1n) is 30.5. The van der Waals surface area contributed by atoms with Gasteiger partial charge in [-0.25, -0.2) is 0 Å². The van der Waals surface area contributed by atoms with Gasteiger partial charge in [0.05, 0.1) is 27.4 Å². The molecule has 8 heteroatoms. The van der Waals surface area contributed by atoms with Gasteiger partial charge >= 0.3 is 13.7 Å². The van der Waals surface area contributed by atoms with Crippen LogP contribution < -0.4 is 31.7 Å². The minimum Gasteiger partial charge on any atom is -0.375 e. The van der Waals surface area contributed by atoms with Gasteiger partial charge in [-0.05, 0) is 171 Å². The summed E-state index contributed by atoms with van der Waals surface area (Å²) in [5.74, 6) is 0. The second-order valence-electron chi connectivity index (χ2n) is 24.6. The Hall–Kier alpha value is -10.6. The van der Waals surface area contributed by atoms with Crippen molar-refractivity contribution in [3.8, 4) is 33.4 Å². The number of hydrogen-bond acceptors (Lipinski definition) is 4. The summed E-state index contributed by atoms with van der Waals surface area (Å²) in [6.45, 7) is -0.116. The number of para-hydroxylation sites is 3. The van der Waals surface area contributed by atoms with Gasteiger partial charge in [-0.3, -0.25) is 0 Å². The second-order valence-corrected chi connectivity index (χ2v) is 26.5. The van der Waals surface area contributed by atoms with Crippen molar-refractivity contribution in [2.45, 2.75) is 0 Å². The fraction of sp³-hybridized carbons (Fsp3) is 0. The van der Waals surface area contributed by atoms with Gasteiger partial charge in [0.15, 0.2) is 0 Å². The van der Waals surface area contributed by atoms with Crippen LogP contribution in [0.5, 0.6) is 0 Å². The van der Waals surface area contributed by atoms with Crippen LogP contribution in [0.3, 0.4) is 0 Å². The Bertz CT molecular complexity index is 6260. The summed E-state index contributed by atoms with van der Waals surface area (Å²) >= 11 is 3.71. The van der Waals surface area contributed by atoms with Gasteiger partial charge in [-0.15, -0.1) is 22.7 Å². The van der Waals surface area contributed by atoms with Crippen molar-refractivity contribution < 1.29 is 0 Å². The zero-order valence-electron chi connectivity index (χ0n) is 47.2. The van der Waals surface area contributed by atoms with Crippen LogP contribution in [0.4, 0.5) is 34.1 Å². The average molecular weight is 1150 g/mol. The number of rotatable bonds is 3. The fourth-order valence-electron chi connectivity index (χ4n) is 17.0. The number of nitrogens with zero attached hydrogens (tertiary/aromatic N) is 4. The Labute approximate surface area is 513 Å². The zero-order valence-corrected chi connectivity index (χ0v) is 48.8. The monoisotopic (exact) mass is 1150 g/mol. The number of aromatic nitrogens is 2. The normalized spacial score (nSPS) is 13.6. The molecule has 88 heavy (non-hydrogen) atoms. The van der Waals surface area contributed by atoms with E-state index in [4.69, 9.17) is 0 Å². The quantitative estimate of drug-likeness (QED) is 0.164. The highest BCUT2D eigenvalue weighted by Gasteiger charge is 2.47. The van der Waals surface area contributed by atoms with E-state index in [0.29, 0.717) is 0 Å². The van der Waals surface area contributed by atoms with Crippen molar-refractivity contribution in [1.82, 2.24) is 8.96 Å². The first kappa shape index (κ1) is 46.6. The van der Waals surface area contributed by atoms with E-state index in [1.165, 1.54) is 191 Å². The summed E-state index contributed by atoms with van der Waals surface area (Å²) in [5, 5.41) is 22.2. The zero-order chi connectivity index (χ0) is 56.8. The van der Waals surface area contributed by atoms with Gasteiger partial charge in [0.1, 0.15) is 0 Å². The molecule has 0 amide bonds. The summed E-state index contributed by atoms with van der Waals surface area (Å²) in [7, 11) is 0. The third-order valence-electron chi connectivity index (χ3n) is 20.5. The molecular weight excluding hydrogens is 1100 g/mol. The highest BCUT2D eigenvalue weighted by atomic mass is 32.1. The lowest BCUT2D eigenvalue weighted by molar-refractivity contribution is 1.27. The molecule has 402 valence electrons. The van der Waals surface area contributed by atoms with Crippen molar-refractivity contribution in [2.24, 2.45) is 0 Å².